The van der Waals surface area contributed by atoms with Gasteiger partial charge in [0, 0.05) is 10.6 Å². The van der Waals surface area contributed by atoms with Crippen molar-refractivity contribution < 1.29 is 13.5 Å². The fraction of sp³-hybridized carbons (Fsp3) is 0.250. The SMILES string of the molecule is FC(F)Oc1c(Cl)ccc(Cl)c1CCl. The highest BCUT2D eigenvalue weighted by molar-refractivity contribution is 6.35. The first-order valence-electron chi connectivity index (χ1n) is 3.54. The van der Waals surface area contributed by atoms with Gasteiger partial charge in [-0.15, -0.1) is 11.6 Å². The molecule has 1 aromatic rings. The van der Waals surface area contributed by atoms with Gasteiger partial charge in [-0.3, -0.25) is 0 Å². The molecule has 0 unspecified atom stereocenters. The highest BCUT2D eigenvalue weighted by atomic mass is 35.5. The normalized spacial score (nSPS) is 10.7. The summed E-state index contributed by atoms with van der Waals surface area (Å²) in [5.74, 6) is -0.203. The van der Waals surface area contributed by atoms with Crippen LogP contribution in [0.3, 0.4) is 0 Å². The predicted octanol–water partition coefficient (Wildman–Crippen LogP) is 4.33. The molecule has 1 nitrogen and oxygen atoms in total. The molecule has 0 atom stereocenters. The average Bonchev–Trinajstić information content (AvgIpc) is 2.11. The third-order valence-electron chi connectivity index (χ3n) is 1.50. The lowest BCUT2D eigenvalue weighted by Crippen LogP contribution is -2.04. The van der Waals surface area contributed by atoms with Crippen LogP contribution >= 0.6 is 34.8 Å². The van der Waals surface area contributed by atoms with E-state index < -0.39 is 6.61 Å². The molecule has 0 saturated carbocycles. The number of hydrogen-bond donors (Lipinski definition) is 0. The molecule has 0 amide bonds. The van der Waals surface area contributed by atoms with Crippen LogP contribution in [-0.4, -0.2) is 6.61 Å². The second-order valence-corrected chi connectivity index (χ2v) is 3.43. The van der Waals surface area contributed by atoms with Crippen molar-refractivity contribution in [2.45, 2.75) is 12.5 Å². The van der Waals surface area contributed by atoms with E-state index in [0.717, 1.165) is 0 Å². The first-order chi connectivity index (χ1) is 6.56. The third-order valence-corrected chi connectivity index (χ3v) is 2.41. The summed E-state index contributed by atoms with van der Waals surface area (Å²) in [6.45, 7) is -2.95. The van der Waals surface area contributed by atoms with Crippen molar-refractivity contribution in [3.63, 3.8) is 0 Å². The average molecular weight is 261 g/mol. The lowest BCUT2D eigenvalue weighted by molar-refractivity contribution is -0.0502. The second-order valence-electron chi connectivity index (χ2n) is 2.35. The Morgan fingerprint density at radius 2 is 1.79 bits per heavy atom. The van der Waals surface area contributed by atoms with Crippen molar-refractivity contribution in [1.82, 2.24) is 0 Å². The third kappa shape index (κ3) is 2.62. The van der Waals surface area contributed by atoms with Crippen molar-refractivity contribution >= 4 is 34.8 Å². The van der Waals surface area contributed by atoms with Crippen LogP contribution in [0, 0.1) is 0 Å². The monoisotopic (exact) mass is 260 g/mol. The maximum atomic E-state index is 12.0. The standard InChI is InChI=1S/C8H5Cl3F2O/c9-3-4-5(10)1-2-6(11)7(4)14-8(12)13/h1-2,8H,3H2. The minimum absolute atomic E-state index is 0.0402. The molecule has 1 aromatic carbocycles. The molecule has 0 aliphatic carbocycles. The van der Waals surface area contributed by atoms with Crippen molar-refractivity contribution in [1.29, 1.82) is 0 Å². The molecule has 14 heavy (non-hydrogen) atoms. The quantitative estimate of drug-likeness (QED) is 0.736. The molecule has 6 heteroatoms. The minimum atomic E-state index is -2.95. The van der Waals surface area contributed by atoms with Crippen LogP contribution in [0.2, 0.25) is 10.0 Å². The van der Waals surface area contributed by atoms with Gasteiger partial charge in [-0.05, 0) is 12.1 Å². The molecule has 78 valence electrons. The van der Waals surface area contributed by atoms with E-state index in [2.05, 4.69) is 4.74 Å². The summed E-state index contributed by atoms with van der Waals surface area (Å²) >= 11 is 16.9. The number of halogens is 5. The van der Waals surface area contributed by atoms with Gasteiger partial charge in [-0.1, -0.05) is 23.2 Å². The zero-order valence-electron chi connectivity index (χ0n) is 6.74. The van der Waals surface area contributed by atoms with E-state index in [9.17, 15) is 8.78 Å². The van der Waals surface area contributed by atoms with Crippen LogP contribution in [0.4, 0.5) is 8.78 Å². The molecule has 0 spiro atoms. The van der Waals surface area contributed by atoms with Gasteiger partial charge >= 0.3 is 6.61 Å². The van der Waals surface area contributed by atoms with Crippen molar-refractivity contribution in [2.75, 3.05) is 0 Å². The number of rotatable bonds is 3. The van der Waals surface area contributed by atoms with E-state index >= 15 is 0 Å². The van der Waals surface area contributed by atoms with Gasteiger partial charge in [0.2, 0.25) is 0 Å². The fourth-order valence-electron chi connectivity index (χ4n) is 0.916. The fourth-order valence-corrected chi connectivity index (χ4v) is 1.69. The molecule has 0 heterocycles. The lowest BCUT2D eigenvalue weighted by atomic mass is 10.2. The number of ether oxygens (including phenoxy) is 1. The van der Waals surface area contributed by atoms with Crippen LogP contribution in [0.15, 0.2) is 12.1 Å². The molecule has 0 fully saturated rings. The molecule has 0 radical (unpaired) electrons. The summed E-state index contributed by atoms with van der Waals surface area (Å²) in [5, 5.41) is 0.311. The first kappa shape index (κ1) is 11.8. The molecule has 0 aliphatic heterocycles. The lowest BCUT2D eigenvalue weighted by Gasteiger charge is -2.11. The summed E-state index contributed by atoms with van der Waals surface area (Å²) in [7, 11) is 0. The van der Waals surface area contributed by atoms with E-state index in [0.29, 0.717) is 0 Å². The van der Waals surface area contributed by atoms with E-state index in [4.69, 9.17) is 34.8 Å². The summed E-state index contributed by atoms with van der Waals surface area (Å²) in [6, 6.07) is 2.84. The highest BCUT2D eigenvalue weighted by Crippen LogP contribution is 2.35. The molecule has 0 bridgehead atoms. The van der Waals surface area contributed by atoms with Gasteiger partial charge in [-0.25, -0.2) is 0 Å². The van der Waals surface area contributed by atoms with Gasteiger partial charge in [0.15, 0.2) is 5.75 Å². The number of hydrogen-bond acceptors (Lipinski definition) is 1. The van der Waals surface area contributed by atoms with Crippen molar-refractivity contribution in [3.05, 3.63) is 27.7 Å². The predicted molar refractivity (Wildman–Crippen MR) is 52.7 cm³/mol. The van der Waals surface area contributed by atoms with E-state index in [1.54, 1.807) is 0 Å². The molecular formula is C8H5Cl3F2O. The second kappa shape index (κ2) is 5.01. The first-order valence-corrected chi connectivity index (χ1v) is 4.83. The topological polar surface area (TPSA) is 9.23 Å². The van der Waals surface area contributed by atoms with E-state index in [1.165, 1.54) is 12.1 Å². The van der Waals surface area contributed by atoms with E-state index in [1.807, 2.05) is 0 Å². The Labute approximate surface area is 94.5 Å². The van der Waals surface area contributed by atoms with Crippen molar-refractivity contribution in [3.8, 4) is 5.75 Å². The molecule has 1 rings (SSSR count). The summed E-state index contributed by atoms with van der Waals surface area (Å²) in [6.07, 6.45) is 0. The zero-order valence-corrected chi connectivity index (χ0v) is 9.01. The van der Waals surface area contributed by atoms with E-state index in [-0.39, 0.29) is 27.2 Å². The maximum Gasteiger partial charge on any atom is 0.387 e. The molecule has 0 aromatic heterocycles. The van der Waals surface area contributed by atoms with Crippen LogP contribution in [0.25, 0.3) is 0 Å². The number of benzene rings is 1. The van der Waals surface area contributed by atoms with Gasteiger partial charge in [-0.2, -0.15) is 8.78 Å². The molecule has 0 N–H and O–H groups in total. The van der Waals surface area contributed by atoms with Crippen molar-refractivity contribution in [2.24, 2.45) is 0 Å². The summed E-state index contributed by atoms with van der Waals surface area (Å²) < 4.78 is 28.2. The van der Waals surface area contributed by atoms with Crippen LogP contribution in [0.5, 0.6) is 5.75 Å². The molecule has 0 saturated heterocycles. The Balaban J connectivity index is 3.16. The number of alkyl halides is 3. The van der Waals surface area contributed by atoms with Gasteiger partial charge < -0.3 is 4.74 Å². The van der Waals surface area contributed by atoms with Gasteiger partial charge in [0.1, 0.15) is 0 Å². The zero-order chi connectivity index (χ0) is 10.7. The van der Waals surface area contributed by atoms with Crippen LogP contribution in [0.1, 0.15) is 5.56 Å². The molecular weight excluding hydrogens is 256 g/mol. The summed E-state index contributed by atoms with van der Waals surface area (Å²) in [5.41, 5.74) is 0.265. The smallest absolute Gasteiger partial charge is 0.387 e. The maximum absolute atomic E-state index is 12.0. The highest BCUT2D eigenvalue weighted by Gasteiger charge is 2.15. The minimum Gasteiger partial charge on any atom is -0.433 e. The van der Waals surface area contributed by atoms with Crippen LogP contribution < -0.4 is 4.74 Å². The Hall–Kier alpha value is -0.250. The molecule has 0 aliphatic rings. The Kier molecular flexibility index (Phi) is 4.23. The summed E-state index contributed by atoms with van der Waals surface area (Å²) in [4.78, 5) is 0. The Morgan fingerprint density at radius 3 is 2.29 bits per heavy atom. The van der Waals surface area contributed by atoms with Gasteiger partial charge in [0.05, 0.1) is 10.9 Å². The Bertz CT molecular complexity index is 331. The largest absolute Gasteiger partial charge is 0.433 e. The Morgan fingerprint density at radius 1 is 1.21 bits per heavy atom. The van der Waals surface area contributed by atoms with Crippen LogP contribution in [-0.2, 0) is 5.88 Å². The van der Waals surface area contributed by atoms with Gasteiger partial charge in [0.25, 0.3) is 0 Å².